The summed E-state index contributed by atoms with van der Waals surface area (Å²) in [5, 5.41) is 0. The second-order valence-electron chi connectivity index (χ2n) is 0.869. The van der Waals surface area contributed by atoms with E-state index in [4.69, 9.17) is 34.3 Å². The van der Waals surface area contributed by atoms with E-state index in [0.717, 1.165) is 16.0 Å². The Kier molecular flexibility index (Phi) is 17.4. The maximum atomic E-state index is 5.41. The first kappa shape index (κ1) is 12.3. The molecule has 0 spiro atoms. The van der Waals surface area contributed by atoms with E-state index in [1.807, 2.05) is 0 Å². The molecule has 0 heterocycles. The van der Waals surface area contributed by atoms with Crippen molar-refractivity contribution in [1.82, 2.24) is 0 Å². The molecule has 0 aliphatic rings. The first-order valence-electron chi connectivity index (χ1n) is 1.99. The Balaban J connectivity index is 0. The molecule has 8 heavy (non-hydrogen) atoms. The van der Waals surface area contributed by atoms with Crippen molar-refractivity contribution >= 4 is 59.8 Å². The predicted molar refractivity (Wildman–Crippen MR) is 49.7 cm³/mol. The maximum absolute atomic E-state index is 5.41. The van der Waals surface area contributed by atoms with Crippen LogP contribution in [0.5, 0.6) is 0 Å². The van der Waals surface area contributed by atoms with Crippen LogP contribution in [0.15, 0.2) is 0 Å². The third-order valence-corrected chi connectivity index (χ3v) is 1.22. The molecule has 0 aliphatic heterocycles. The van der Waals surface area contributed by atoms with Gasteiger partial charge in [-0.15, -0.1) is 23.2 Å². The van der Waals surface area contributed by atoms with E-state index < -0.39 is 0 Å². The highest BCUT2D eigenvalue weighted by Crippen LogP contribution is 2.09. The molecule has 0 nitrogen and oxygen atoms in total. The minimum atomic E-state index is 0.0509. The number of alkyl halides is 3. The van der Waals surface area contributed by atoms with Crippen LogP contribution >= 0.6 is 50.2 Å². The van der Waals surface area contributed by atoms with Crippen LogP contribution in [0, 0.1) is 0 Å². The maximum Gasteiger partial charge on any atom is 0.109 e. The molecule has 0 aliphatic carbocycles. The Morgan fingerprint density at radius 3 is 1.88 bits per heavy atom. The van der Waals surface area contributed by atoms with Crippen LogP contribution in [0.4, 0.5) is 0 Å². The summed E-state index contributed by atoms with van der Waals surface area (Å²) in [5.41, 5.74) is 0. The average Bonchev–Trinajstić information content (AvgIpc) is 1.72. The van der Waals surface area contributed by atoms with E-state index in [2.05, 4.69) is 15.9 Å². The van der Waals surface area contributed by atoms with Crippen LogP contribution in [-0.2, 0) is 0 Å². The third-order valence-electron chi connectivity index (χ3n) is 0.327. The van der Waals surface area contributed by atoms with Crippen molar-refractivity contribution in [3.05, 3.63) is 0 Å². The lowest BCUT2D eigenvalue weighted by Crippen LogP contribution is -1.83. The van der Waals surface area contributed by atoms with Gasteiger partial charge in [0, 0.05) is 5.88 Å². The van der Waals surface area contributed by atoms with Crippen LogP contribution in [0.2, 0.25) is 0 Å². The van der Waals surface area contributed by atoms with Gasteiger partial charge in [0.2, 0.25) is 0 Å². The van der Waals surface area contributed by atoms with E-state index in [-0.39, 0.29) is 4.29 Å². The second-order valence-corrected chi connectivity index (χ2v) is 3.41. The van der Waals surface area contributed by atoms with Gasteiger partial charge in [0.25, 0.3) is 0 Å². The fourth-order valence-electron chi connectivity index (χ4n) is 0.0825. The van der Waals surface area contributed by atoms with Crippen LogP contribution < -0.4 is 0 Å². The first-order chi connectivity index (χ1) is 3.77. The summed E-state index contributed by atoms with van der Waals surface area (Å²) in [6.07, 6.45) is 0.823. The second kappa shape index (κ2) is 11.4. The molecule has 0 saturated heterocycles. The normalized spacial score (nSPS) is 12.0. The first-order valence-corrected chi connectivity index (χ1v) is 6.90. The van der Waals surface area contributed by atoms with Crippen LogP contribution in [0.25, 0.3) is 0 Å². The van der Waals surface area contributed by atoms with Crippen molar-refractivity contribution in [2.75, 3.05) is 5.88 Å². The summed E-state index contributed by atoms with van der Waals surface area (Å²) in [6.45, 7) is 0. The highest BCUT2D eigenvalue weighted by atomic mass is 79.9. The summed E-state index contributed by atoms with van der Waals surface area (Å²) < 4.78 is 0.0509. The molecular formula is C3H8BrCl3Si. The average molecular weight is 258 g/mol. The lowest BCUT2D eigenvalue weighted by molar-refractivity contribution is 1.07. The fourth-order valence-corrected chi connectivity index (χ4v) is 1.01. The Bertz CT molecular complexity index is 35.7. The van der Waals surface area contributed by atoms with Gasteiger partial charge in [-0.2, -0.15) is 11.1 Å². The molecule has 1 atom stereocenters. The van der Waals surface area contributed by atoms with Crippen molar-refractivity contribution in [3.8, 4) is 0 Å². The number of halogens is 4. The van der Waals surface area contributed by atoms with Crippen LogP contribution in [-0.4, -0.2) is 19.7 Å². The van der Waals surface area contributed by atoms with Gasteiger partial charge >= 0.3 is 0 Å². The van der Waals surface area contributed by atoms with Gasteiger partial charge in [0.05, 0.1) is 4.29 Å². The molecule has 0 fully saturated rings. The van der Waals surface area contributed by atoms with Gasteiger partial charge in [-0.25, -0.2) is 0 Å². The molecule has 0 aromatic heterocycles. The minimum absolute atomic E-state index is 0.0509. The molecule has 0 aromatic carbocycles. The molecule has 0 radical (unpaired) electrons. The zero-order valence-corrected chi connectivity index (χ0v) is 10.4. The highest BCUT2D eigenvalue weighted by Gasteiger charge is 1.92. The van der Waals surface area contributed by atoms with Gasteiger partial charge < -0.3 is 0 Å². The molecule has 5 heteroatoms. The van der Waals surface area contributed by atoms with Gasteiger partial charge in [-0.05, 0) is 6.42 Å². The summed E-state index contributed by atoms with van der Waals surface area (Å²) in [7, 11) is 0.778. The summed E-state index contributed by atoms with van der Waals surface area (Å²) in [5.74, 6) is 0.624. The van der Waals surface area contributed by atoms with Gasteiger partial charge in [0.15, 0.2) is 0 Å². The van der Waals surface area contributed by atoms with E-state index in [1.54, 1.807) is 0 Å². The molecule has 0 aromatic rings. The van der Waals surface area contributed by atoms with E-state index in [1.165, 1.54) is 0 Å². The van der Waals surface area contributed by atoms with Crippen molar-refractivity contribution in [2.45, 2.75) is 10.7 Å². The van der Waals surface area contributed by atoms with E-state index >= 15 is 0 Å². The lowest BCUT2D eigenvalue weighted by atomic mass is 10.6. The molecular weight excluding hydrogens is 250 g/mol. The molecule has 0 bridgehead atoms. The summed E-state index contributed by atoms with van der Waals surface area (Å²) in [6, 6.07) is 0. The van der Waals surface area contributed by atoms with Gasteiger partial charge in [-0.1, -0.05) is 15.9 Å². The molecule has 0 amide bonds. The Hall–Kier alpha value is 1.57. The standard InChI is InChI=1S/C3H5BrCl2.ClH3Si/c4-3(6)1-2-5;1-2/h3H,1-2H2;2H3. The number of rotatable bonds is 2. The van der Waals surface area contributed by atoms with Crippen molar-refractivity contribution in [1.29, 1.82) is 0 Å². The molecule has 0 saturated carbocycles. The largest absolute Gasteiger partial charge is 0.181 e. The van der Waals surface area contributed by atoms with E-state index in [0.29, 0.717) is 5.88 Å². The smallest absolute Gasteiger partial charge is 0.109 e. The van der Waals surface area contributed by atoms with E-state index in [9.17, 15) is 0 Å². The number of hydrogen-bond donors (Lipinski definition) is 0. The highest BCUT2D eigenvalue weighted by molar-refractivity contribution is 9.10. The minimum Gasteiger partial charge on any atom is -0.181 e. The van der Waals surface area contributed by atoms with Crippen LogP contribution in [0.3, 0.4) is 0 Å². The molecule has 0 rings (SSSR count). The molecule has 52 valence electrons. The predicted octanol–water partition coefficient (Wildman–Crippen LogP) is 2.08. The van der Waals surface area contributed by atoms with Crippen molar-refractivity contribution < 1.29 is 0 Å². The van der Waals surface area contributed by atoms with Gasteiger partial charge in [0.1, 0.15) is 9.55 Å². The van der Waals surface area contributed by atoms with Crippen molar-refractivity contribution in [3.63, 3.8) is 0 Å². The van der Waals surface area contributed by atoms with Gasteiger partial charge in [-0.3, -0.25) is 0 Å². The Labute approximate surface area is 76.1 Å². The van der Waals surface area contributed by atoms with Crippen LogP contribution in [0.1, 0.15) is 6.42 Å². The Morgan fingerprint density at radius 1 is 1.50 bits per heavy atom. The topological polar surface area (TPSA) is 0 Å². The zero-order chi connectivity index (χ0) is 6.99. The summed E-state index contributed by atoms with van der Waals surface area (Å²) >= 11 is 18.6. The quantitative estimate of drug-likeness (QED) is 0.404. The van der Waals surface area contributed by atoms with Crippen molar-refractivity contribution in [2.24, 2.45) is 0 Å². The fraction of sp³-hybridized carbons (Fsp3) is 1.00. The lowest BCUT2D eigenvalue weighted by Gasteiger charge is -1.89. The zero-order valence-electron chi connectivity index (χ0n) is 4.50. The summed E-state index contributed by atoms with van der Waals surface area (Å²) in [4.78, 5) is 0. The SMILES string of the molecule is ClCCC(Cl)Br.[SiH3]Cl. The number of hydrogen-bond acceptors (Lipinski definition) is 0. The Morgan fingerprint density at radius 2 is 1.88 bits per heavy atom. The third kappa shape index (κ3) is 15.6. The molecule has 0 N–H and O–H groups in total. The monoisotopic (exact) mass is 256 g/mol. The molecule has 1 unspecified atom stereocenters.